The quantitative estimate of drug-likeness (QED) is 0.542. The van der Waals surface area contributed by atoms with Crippen molar-refractivity contribution in [1.82, 2.24) is 9.80 Å². The van der Waals surface area contributed by atoms with Gasteiger partial charge in [0.1, 0.15) is 0 Å². The van der Waals surface area contributed by atoms with Crippen molar-refractivity contribution in [2.75, 3.05) is 26.2 Å². The molecule has 156 valence electrons. The average Bonchev–Trinajstić information content (AvgIpc) is 2.90. The molecular formula is C22H28N2O5. The van der Waals surface area contributed by atoms with Gasteiger partial charge in [0.2, 0.25) is 0 Å². The molecule has 2 aliphatic heterocycles. The summed E-state index contributed by atoms with van der Waals surface area (Å²) in [5, 5.41) is 0. The second-order valence-electron chi connectivity index (χ2n) is 8.08. The Balaban J connectivity index is 1.63. The number of carbonyl (C=O) groups is 4. The Morgan fingerprint density at radius 3 is 2.31 bits per heavy atom. The van der Waals surface area contributed by atoms with Crippen molar-refractivity contribution in [2.24, 2.45) is 5.92 Å². The Kier molecular flexibility index (Phi) is 6.67. The Labute approximate surface area is 171 Å². The number of carbonyl (C=O) groups excluding carboxylic acids is 4. The predicted octanol–water partition coefficient (Wildman–Crippen LogP) is 2.89. The van der Waals surface area contributed by atoms with Gasteiger partial charge in [-0.1, -0.05) is 26.7 Å². The molecule has 7 heteroatoms. The normalized spacial score (nSPS) is 16.8. The molecule has 0 atom stereocenters. The number of ether oxygens (including phenoxy) is 1. The smallest absolute Gasteiger partial charge is 0.338 e. The molecule has 0 aromatic heterocycles. The minimum atomic E-state index is -0.670. The Bertz CT molecular complexity index is 809. The van der Waals surface area contributed by atoms with Crippen LogP contribution in [-0.2, 0) is 9.53 Å². The van der Waals surface area contributed by atoms with Gasteiger partial charge < -0.3 is 9.64 Å². The summed E-state index contributed by atoms with van der Waals surface area (Å²) in [6, 6.07) is 4.34. The highest BCUT2D eigenvalue weighted by Gasteiger charge is 2.35. The number of esters is 1. The molecule has 0 radical (unpaired) electrons. The summed E-state index contributed by atoms with van der Waals surface area (Å²) in [4.78, 5) is 52.7. The second kappa shape index (κ2) is 9.20. The minimum Gasteiger partial charge on any atom is -0.452 e. The number of likely N-dealkylation sites (tertiary alicyclic amines) is 1. The third-order valence-corrected chi connectivity index (χ3v) is 5.42. The fourth-order valence-electron chi connectivity index (χ4n) is 3.63. The molecule has 0 bridgehead atoms. The number of hydrogen-bond acceptors (Lipinski definition) is 5. The van der Waals surface area contributed by atoms with Crippen LogP contribution in [0.5, 0.6) is 0 Å². The maximum absolute atomic E-state index is 12.6. The molecule has 1 fully saturated rings. The van der Waals surface area contributed by atoms with Gasteiger partial charge in [0, 0.05) is 19.6 Å². The van der Waals surface area contributed by atoms with E-state index in [1.54, 1.807) is 4.90 Å². The van der Waals surface area contributed by atoms with Gasteiger partial charge in [0.05, 0.1) is 16.7 Å². The van der Waals surface area contributed by atoms with Crippen LogP contribution in [0.3, 0.4) is 0 Å². The lowest BCUT2D eigenvalue weighted by molar-refractivity contribution is -0.134. The van der Waals surface area contributed by atoms with E-state index >= 15 is 0 Å². The molecule has 0 spiro atoms. The molecule has 2 heterocycles. The Hall–Kier alpha value is -2.70. The van der Waals surface area contributed by atoms with E-state index in [0.29, 0.717) is 31.1 Å². The molecule has 3 rings (SSSR count). The standard InChI is InChI=1S/C22H28N2O5/c1-15(2)9-12-24-20(26)17-8-7-16(13-18(17)21(24)27)22(28)29-14-19(25)23-10-5-3-4-6-11-23/h7-8,13,15H,3-6,9-12,14H2,1-2H3. The van der Waals surface area contributed by atoms with Crippen LogP contribution >= 0.6 is 0 Å². The summed E-state index contributed by atoms with van der Waals surface area (Å²) in [6.45, 7) is 5.48. The van der Waals surface area contributed by atoms with Gasteiger partial charge in [0.15, 0.2) is 6.61 Å². The van der Waals surface area contributed by atoms with Crippen LogP contribution in [0.15, 0.2) is 18.2 Å². The summed E-state index contributed by atoms with van der Waals surface area (Å²) in [5.74, 6) is -1.22. The Morgan fingerprint density at radius 2 is 1.66 bits per heavy atom. The summed E-state index contributed by atoms with van der Waals surface area (Å²) >= 11 is 0. The molecule has 0 N–H and O–H groups in total. The first kappa shape index (κ1) is 21.0. The Morgan fingerprint density at radius 1 is 1.00 bits per heavy atom. The third-order valence-electron chi connectivity index (χ3n) is 5.42. The highest BCUT2D eigenvalue weighted by Crippen LogP contribution is 2.25. The molecule has 0 unspecified atom stereocenters. The van der Waals surface area contributed by atoms with Crippen molar-refractivity contribution in [2.45, 2.75) is 46.0 Å². The zero-order chi connectivity index (χ0) is 21.0. The lowest BCUT2D eigenvalue weighted by Crippen LogP contribution is -2.35. The third kappa shape index (κ3) is 4.83. The van der Waals surface area contributed by atoms with Gasteiger partial charge >= 0.3 is 5.97 Å². The van der Waals surface area contributed by atoms with E-state index in [-0.39, 0.29) is 35.5 Å². The maximum Gasteiger partial charge on any atom is 0.338 e. The van der Waals surface area contributed by atoms with E-state index in [4.69, 9.17) is 4.74 Å². The zero-order valence-corrected chi connectivity index (χ0v) is 17.1. The largest absolute Gasteiger partial charge is 0.452 e. The van der Waals surface area contributed by atoms with Crippen LogP contribution in [0.2, 0.25) is 0 Å². The number of benzene rings is 1. The van der Waals surface area contributed by atoms with E-state index in [9.17, 15) is 19.2 Å². The molecule has 7 nitrogen and oxygen atoms in total. The lowest BCUT2D eigenvalue weighted by atomic mass is 10.1. The van der Waals surface area contributed by atoms with E-state index in [1.165, 1.54) is 23.1 Å². The van der Waals surface area contributed by atoms with Gasteiger partial charge in [-0.2, -0.15) is 0 Å². The summed E-state index contributed by atoms with van der Waals surface area (Å²) in [5.41, 5.74) is 0.683. The van der Waals surface area contributed by atoms with Gasteiger partial charge in [-0.25, -0.2) is 4.79 Å². The van der Waals surface area contributed by atoms with Crippen LogP contribution in [0.1, 0.15) is 77.0 Å². The highest BCUT2D eigenvalue weighted by molar-refractivity contribution is 6.22. The molecule has 0 saturated carbocycles. The van der Waals surface area contributed by atoms with Gasteiger partial charge in [-0.3, -0.25) is 19.3 Å². The van der Waals surface area contributed by atoms with Crippen molar-refractivity contribution >= 4 is 23.7 Å². The van der Waals surface area contributed by atoms with Crippen LogP contribution in [0.25, 0.3) is 0 Å². The fourth-order valence-corrected chi connectivity index (χ4v) is 3.63. The highest BCUT2D eigenvalue weighted by atomic mass is 16.5. The van der Waals surface area contributed by atoms with Crippen molar-refractivity contribution in [3.63, 3.8) is 0 Å². The average molecular weight is 400 g/mol. The molecule has 2 aliphatic rings. The summed E-state index contributed by atoms with van der Waals surface area (Å²) < 4.78 is 5.17. The van der Waals surface area contributed by atoms with Crippen LogP contribution < -0.4 is 0 Å². The van der Waals surface area contributed by atoms with Gasteiger partial charge in [0.25, 0.3) is 17.7 Å². The molecule has 0 aliphatic carbocycles. The first-order valence-corrected chi connectivity index (χ1v) is 10.3. The predicted molar refractivity (Wildman–Crippen MR) is 107 cm³/mol. The number of amides is 3. The number of nitrogens with zero attached hydrogens (tertiary/aromatic N) is 2. The number of rotatable bonds is 6. The molecule has 3 amide bonds. The fraction of sp³-hybridized carbons (Fsp3) is 0.545. The van der Waals surface area contributed by atoms with Crippen molar-refractivity contribution in [1.29, 1.82) is 0 Å². The van der Waals surface area contributed by atoms with Gasteiger partial charge in [-0.15, -0.1) is 0 Å². The minimum absolute atomic E-state index is 0.166. The topological polar surface area (TPSA) is 84.0 Å². The first-order valence-electron chi connectivity index (χ1n) is 10.3. The molecular weight excluding hydrogens is 372 g/mol. The van der Waals surface area contributed by atoms with Crippen molar-refractivity contribution < 1.29 is 23.9 Å². The number of hydrogen-bond donors (Lipinski definition) is 0. The SMILES string of the molecule is CC(C)CCN1C(=O)c2ccc(C(=O)OCC(=O)N3CCCCCC3)cc2C1=O. The van der Waals surface area contributed by atoms with Crippen LogP contribution in [0.4, 0.5) is 0 Å². The molecule has 1 saturated heterocycles. The van der Waals surface area contributed by atoms with Crippen molar-refractivity contribution in [3.05, 3.63) is 34.9 Å². The van der Waals surface area contributed by atoms with E-state index < -0.39 is 5.97 Å². The summed E-state index contributed by atoms with van der Waals surface area (Å²) in [7, 11) is 0. The zero-order valence-electron chi connectivity index (χ0n) is 17.1. The monoisotopic (exact) mass is 400 g/mol. The molecule has 1 aromatic carbocycles. The van der Waals surface area contributed by atoms with E-state index in [0.717, 1.165) is 32.1 Å². The van der Waals surface area contributed by atoms with Crippen LogP contribution in [0, 0.1) is 5.92 Å². The molecule has 1 aromatic rings. The number of fused-ring (bicyclic) bond motifs is 1. The molecule has 29 heavy (non-hydrogen) atoms. The van der Waals surface area contributed by atoms with Crippen LogP contribution in [-0.4, -0.2) is 59.7 Å². The summed E-state index contributed by atoms with van der Waals surface area (Å²) in [6.07, 6.45) is 4.88. The lowest BCUT2D eigenvalue weighted by Gasteiger charge is -2.19. The first-order chi connectivity index (χ1) is 13.9. The maximum atomic E-state index is 12.6. The second-order valence-corrected chi connectivity index (χ2v) is 8.08. The van der Waals surface area contributed by atoms with Crippen molar-refractivity contribution in [3.8, 4) is 0 Å². The van der Waals surface area contributed by atoms with Gasteiger partial charge in [-0.05, 0) is 43.4 Å². The van der Waals surface area contributed by atoms with E-state index in [2.05, 4.69) is 0 Å². The van der Waals surface area contributed by atoms with E-state index in [1.807, 2.05) is 13.8 Å². The number of imide groups is 1.